The molecule has 0 atom stereocenters. The molecule has 0 radical (unpaired) electrons. The lowest BCUT2D eigenvalue weighted by Crippen LogP contribution is -2.12. The van der Waals surface area contributed by atoms with E-state index in [9.17, 15) is 0 Å². The zero-order valence-electron chi connectivity index (χ0n) is 13.9. The molecule has 0 heterocycles. The molecule has 1 N–H and O–H groups in total. The average Bonchev–Trinajstić information content (AvgIpc) is 2.49. The van der Waals surface area contributed by atoms with Crippen LogP contribution in [0.5, 0.6) is 0 Å². The lowest BCUT2D eigenvalue weighted by Gasteiger charge is -2.06. The van der Waals surface area contributed by atoms with Crippen LogP contribution in [0.4, 0.5) is 0 Å². The summed E-state index contributed by atoms with van der Waals surface area (Å²) in [5.41, 5.74) is 5.91. The first kappa shape index (κ1) is 17.9. The van der Waals surface area contributed by atoms with E-state index in [1.54, 1.807) is 0 Å². The molecule has 1 nitrogen and oxygen atoms in total. The number of hydrogen-bond acceptors (Lipinski definition) is 1. The summed E-state index contributed by atoms with van der Waals surface area (Å²) in [5, 5.41) is 3.31. The van der Waals surface area contributed by atoms with E-state index in [1.165, 1.54) is 16.7 Å². The summed E-state index contributed by atoms with van der Waals surface area (Å²) in [6.45, 7) is 17.5. The highest BCUT2D eigenvalue weighted by Crippen LogP contribution is 2.18. The van der Waals surface area contributed by atoms with Crippen LogP contribution in [0, 0.1) is 0 Å². The maximum absolute atomic E-state index is 4.06. The van der Waals surface area contributed by atoms with Crippen molar-refractivity contribution in [2.24, 2.45) is 0 Å². The molecule has 0 bridgehead atoms. The van der Waals surface area contributed by atoms with Gasteiger partial charge in [0.15, 0.2) is 0 Å². The largest absolute Gasteiger partial charge is 0.309 e. The number of benzene rings is 1. The zero-order chi connectivity index (χ0) is 16.4. The molecule has 0 fully saturated rings. The first-order valence-corrected chi connectivity index (χ1v) is 7.64. The minimum absolute atomic E-state index is 0.829. The van der Waals surface area contributed by atoms with Gasteiger partial charge in [0.1, 0.15) is 0 Å². The second-order valence-electron chi connectivity index (χ2n) is 5.49. The Morgan fingerprint density at radius 1 is 1.14 bits per heavy atom. The number of allylic oxidation sites excluding steroid dienone is 6. The van der Waals surface area contributed by atoms with E-state index in [2.05, 4.69) is 74.5 Å². The van der Waals surface area contributed by atoms with Gasteiger partial charge in [0.05, 0.1) is 0 Å². The van der Waals surface area contributed by atoms with Crippen molar-refractivity contribution in [1.82, 2.24) is 5.32 Å². The summed E-state index contributed by atoms with van der Waals surface area (Å²) in [7, 11) is 0. The first-order chi connectivity index (χ1) is 10.6. The topological polar surface area (TPSA) is 12.0 Å². The third-order valence-electron chi connectivity index (χ3n) is 3.24. The molecule has 0 unspecified atom stereocenters. The van der Waals surface area contributed by atoms with E-state index in [4.69, 9.17) is 0 Å². The summed E-state index contributed by atoms with van der Waals surface area (Å²) >= 11 is 0. The van der Waals surface area contributed by atoms with Crippen LogP contribution in [0.25, 0.3) is 5.57 Å². The maximum atomic E-state index is 4.06. The van der Waals surface area contributed by atoms with E-state index in [1.807, 2.05) is 13.0 Å². The summed E-state index contributed by atoms with van der Waals surface area (Å²) in [4.78, 5) is 0. The van der Waals surface area contributed by atoms with E-state index >= 15 is 0 Å². The van der Waals surface area contributed by atoms with Gasteiger partial charge in [0.25, 0.3) is 0 Å². The fourth-order valence-corrected chi connectivity index (χ4v) is 2.15. The van der Waals surface area contributed by atoms with Crippen molar-refractivity contribution in [1.29, 1.82) is 0 Å². The van der Waals surface area contributed by atoms with Gasteiger partial charge in [-0.15, -0.1) is 6.58 Å². The van der Waals surface area contributed by atoms with Gasteiger partial charge < -0.3 is 5.32 Å². The van der Waals surface area contributed by atoms with Gasteiger partial charge >= 0.3 is 0 Å². The lowest BCUT2D eigenvalue weighted by atomic mass is 10.0. The summed E-state index contributed by atoms with van der Waals surface area (Å²) in [6.07, 6.45) is 9.03. The predicted molar refractivity (Wildman–Crippen MR) is 99.7 cm³/mol. The van der Waals surface area contributed by atoms with Crippen LogP contribution < -0.4 is 5.32 Å². The van der Waals surface area contributed by atoms with Crippen molar-refractivity contribution in [2.45, 2.75) is 26.8 Å². The highest BCUT2D eigenvalue weighted by atomic mass is 14.8. The van der Waals surface area contributed by atoms with Crippen molar-refractivity contribution < 1.29 is 0 Å². The van der Waals surface area contributed by atoms with E-state index < -0.39 is 0 Å². The number of hydrogen-bond donors (Lipinski definition) is 1. The Hall–Kier alpha value is -2.12. The van der Waals surface area contributed by atoms with Crippen molar-refractivity contribution in [2.75, 3.05) is 6.54 Å². The Kier molecular flexibility index (Phi) is 7.95. The Morgan fingerprint density at radius 2 is 1.82 bits per heavy atom. The lowest BCUT2D eigenvalue weighted by molar-refractivity contribution is 0.760. The molecule has 0 aliphatic heterocycles. The molecule has 22 heavy (non-hydrogen) atoms. The summed E-state index contributed by atoms with van der Waals surface area (Å²) in [5.74, 6) is 0. The molecule has 1 rings (SSSR count). The SMILES string of the molecule is C=CCNCc1ccc(C(/C=C\C(=C)CC(=C)C)=C/C)cc1. The van der Waals surface area contributed by atoms with Crippen molar-refractivity contribution in [3.05, 3.63) is 90.6 Å². The molecular formula is C21H27N. The average molecular weight is 293 g/mol. The van der Waals surface area contributed by atoms with Crippen LogP contribution in [0.3, 0.4) is 0 Å². The molecule has 0 amide bonds. The fraction of sp³-hybridized carbons (Fsp3) is 0.238. The fourth-order valence-electron chi connectivity index (χ4n) is 2.15. The van der Waals surface area contributed by atoms with Crippen molar-refractivity contribution in [3.8, 4) is 0 Å². The second-order valence-corrected chi connectivity index (χ2v) is 5.49. The quantitative estimate of drug-likeness (QED) is 0.363. The van der Waals surface area contributed by atoms with Gasteiger partial charge in [0, 0.05) is 13.1 Å². The normalized spacial score (nSPS) is 11.6. The van der Waals surface area contributed by atoms with Crippen LogP contribution in [0.15, 0.2) is 79.5 Å². The molecule has 0 saturated carbocycles. The van der Waals surface area contributed by atoms with Gasteiger partial charge in [-0.25, -0.2) is 0 Å². The molecule has 0 aliphatic rings. The second kappa shape index (κ2) is 9.75. The molecule has 1 aromatic rings. The number of nitrogens with one attached hydrogen (secondary N) is 1. The third kappa shape index (κ3) is 6.55. The van der Waals surface area contributed by atoms with E-state index in [0.29, 0.717) is 0 Å². The first-order valence-electron chi connectivity index (χ1n) is 7.64. The van der Waals surface area contributed by atoms with E-state index in [-0.39, 0.29) is 0 Å². The van der Waals surface area contributed by atoms with Crippen LogP contribution in [0.2, 0.25) is 0 Å². The van der Waals surface area contributed by atoms with Gasteiger partial charge in [-0.3, -0.25) is 0 Å². The minimum Gasteiger partial charge on any atom is -0.309 e. The molecular weight excluding hydrogens is 266 g/mol. The Morgan fingerprint density at radius 3 is 2.36 bits per heavy atom. The molecule has 116 valence electrons. The van der Waals surface area contributed by atoms with Gasteiger partial charge in [-0.1, -0.05) is 72.9 Å². The van der Waals surface area contributed by atoms with Crippen molar-refractivity contribution >= 4 is 5.57 Å². The summed E-state index contributed by atoms with van der Waals surface area (Å²) < 4.78 is 0. The van der Waals surface area contributed by atoms with Crippen LogP contribution in [-0.2, 0) is 6.54 Å². The highest BCUT2D eigenvalue weighted by Gasteiger charge is 1.98. The molecule has 0 aromatic heterocycles. The van der Waals surface area contributed by atoms with Gasteiger partial charge in [0.2, 0.25) is 0 Å². The molecule has 0 saturated heterocycles. The Balaban J connectivity index is 2.71. The Bertz CT molecular complexity index is 570. The van der Waals surface area contributed by atoms with Gasteiger partial charge in [-0.2, -0.15) is 0 Å². The standard InChI is InChI=1S/C21H27N/c1-6-14-22-16-19-9-12-21(13-10-19)20(7-2)11-8-18(5)15-17(3)4/h6-13,22H,1,3,5,14-16H2,2,4H3/b11-8-,20-7+. The van der Waals surface area contributed by atoms with Crippen molar-refractivity contribution in [3.63, 3.8) is 0 Å². The predicted octanol–water partition coefficient (Wildman–Crippen LogP) is 5.44. The third-order valence-corrected chi connectivity index (χ3v) is 3.24. The summed E-state index contributed by atoms with van der Waals surface area (Å²) in [6, 6.07) is 8.63. The highest BCUT2D eigenvalue weighted by molar-refractivity contribution is 5.74. The van der Waals surface area contributed by atoms with Crippen LogP contribution in [0.1, 0.15) is 31.4 Å². The molecule has 1 aromatic carbocycles. The number of rotatable bonds is 9. The van der Waals surface area contributed by atoms with Crippen LogP contribution in [-0.4, -0.2) is 6.54 Å². The molecule has 0 aliphatic carbocycles. The molecule has 1 heteroatoms. The monoisotopic (exact) mass is 293 g/mol. The van der Waals surface area contributed by atoms with Gasteiger partial charge in [-0.05, 0) is 37.0 Å². The van der Waals surface area contributed by atoms with Crippen LogP contribution >= 0.6 is 0 Å². The maximum Gasteiger partial charge on any atom is 0.0208 e. The molecule has 0 spiro atoms. The minimum atomic E-state index is 0.829. The smallest absolute Gasteiger partial charge is 0.0208 e. The Labute approximate surface area is 135 Å². The van der Waals surface area contributed by atoms with E-state index in [0.717, 1.165) is 30.7 Å². The zero-order valence-corrected chi connectivity index (χ0v) is 13.9.